The predicted molar refractivity (Wildman–Crippen MR) is 116 cm³/mol. The molecule has 1 aliphatic carbocycles. The number of halogens is 1. The van der Waals surface area contributed by atoms with Crippen LogP contribution in [0.15, 0.2) is 30.5 Å². The van der Waals surface area contributed by atoms with E-state index in [4.69, 9.17) is 11.6 Å². The lowest BCUT2D eigenvalue weighted by atomic mass is 10.0. The number of carbonyl (C=O) groups excluding carboxylic acids is 2. The molecule has 30 heavy (non-hydrogen) atoms. The maximum absolute atomic E-state index is 12.8. The molecule has 2 amide bonds. The fourth-order valence-electron chi connectivity index (χ4n) is 4.52. The molecule has 2 N–H and O–H groups in total. The van der Waals surface area contributed by atoms with Gasteiger partial charge in [-0.25, -0.2) is 0 Å². The first-order valence-electron chi connectivity index (χ1n) is 10.6. The number of nitrogens with zero attached hydrogens (tertiary/aromatic N) is 3. The predicted octanol–water partition coefficient (Wildman–Crippen LogP) is 3.54. The molecule has 0 radical (unpaired) electrons. The third kappa shape index (κ3) is 4.52. The van der Waals surface area contributed by atoms with Crippen molar-refractivity contribution in [3.8, 4) is 0 Å². The van der Waals surface area contributed by atoms with E-state index in [2.05, 4.69) is 32.2 Å². The average molecular weight is 430 g/mol. The van der Waals surface area contributed by atoms with E-state index < -0.39 is 0 Å². The van der Waals surface area contributed by atoms with E-state index in [0.29, 0.717) is 28.9 Å². The molecular formula is C22H28ClN5O2. The van der Waals surface area contributed by atoms with Gasteiger partial charge in [-0.15, -0.1) is 0 Å². The first-order valence-corrected chi connectivity index (χ1v) is 11.0. The molecule has 160 valence electrons. The molecule has 0 spiro atoms. The highest BCUT2D eigenvalue weighted by Crippen LogP contribution is 2.30. The summed E-state index contributed by atoms with van der Waals surface area (Å²) in [4.78, 5) is 29.5. The van der Waals surface area contributed by atoms with Gasteiger partial charge in [-0.2, -0.15) is 5.10 Å². The summed E-state index contributed by atoms with van der Waals surface area (Å²) in [6, 6.07) is 7.47. The number of hydrogen-bond donors (Lipinski definition) is 2. The molecule has 0 bridgehead atoms. The molecule has 0 unspecified atom stereocenters. The van der Waals surface area contributed by atoms with Gasteiger partial charge in [0.2, 0.25) is 5.91 Å². The van der Waals surface area contributed by atoms with Gasteiger partial charge in [0.05, 0.1) is 10.7 Å². The van der Waals surface area contributed by atoms with Gasteiger partial charge in [0, 0.05) is 44.3 Å². The molecule has 1 atom stereocenters. The van der Waals surface area contributed by atoms with Crippen LogP contribution in [0.2, 0.25) is 5.02 Å². The lowest BCUT2D eigenvalue weighted by molar-refractivity contribution is -0.140. The molecule has 1 aliphatic heterocycles. The SMILES string of the molecule is C[C@H]1CN(Cc2cccc(NC(=O)c3ccn[nH]3)c2Cl)CCN1C(=O)C1CCCC1. The van der Waals surface area contributed by atoms with E-state index >= 15 is 0 Å². The summed E-state index contributed by atoms with van der Waals surface area (Å²) in [5.74, 6) is 0.281. The number of nitrogens with one attached hydrogen (secondary N) is 2. The van der Waals surface area contributed by atoms with Crippen LogP contribution in [0.5, 0.6) is 0 Å². The summed E-state index contributed by atoms with van der Waals surface area (Å²) in [6.45, 7) is 5.21. The van der Waals surface area contributed by atoms with Crippen LogP contribution in [0.3, 0.4) is 0 Å². The van der Waals surface area contributed by atoms with E-state index in [1.54, 1.807) is 12.1 Å². The molecule has 2 heterocycles. The third-order valence-corrected chi connectivity index (χ3v) is 6.61. The molecule has 1 saturated heterocycles. The van der Waals surface area contributed by atoms with Crippen molar-refractivity contribution in [3.05, 3.63) is 46.7 Å². The van der Waals surface area contributed by atoms with E-state index in [-0.39, 0.29) is 17.9 Å². The second-order valence-corrected chi connectivity index (χ2v) is 8.68. The number of aromatic nitrogens is 2. The van der Waals surface area contributed by atoms with Crippen LogP contribution in [-0.2, 0) is 11.3 Å². The topological polar surface area (TPSA) is 81.3 Å². The number of piperazine rings is 1. The minimum atomic E-state index is -0.279. The molecule has 4 rings (SSSR count). The Labute approximate surface area is 181 Å². The fraction of sp³-hybridized carbons (Fsp3) is 0.500. The largest absolute Gasteiger partial charge is 0.337 e. The van der Waals surface area contributed by atoms with Crippen molar-refractivity contribution >= 4 is 29.1 Å². The third-order valence-electron chi connectivity index (χ3n) is 6.17. The zero-order valence-electron chi connectivity index (χ0n) is 17.2. The van der Waals surface area contributed by atoms with Gasteiger partial charge in [-0.3, -0.25) is 19.6 Å². The van der Waals surface area contributed by atoms with Crippen molar-refractivity contribution in [1.29, 1.82) is 0 Å². The molecule has 1 saturated carbocycles. The van der Waals surface area contributed by atoms with Gasteiger partial charge in [-0.1, -0.05) is 36.6 Å². The Kier molecular flexibility index (Phi) is 6.39. The Hall–Kier alpha value is -2.38. The maximum Gasteiger partial charge on any atom is 0.273 e. The quantitative estimate of drug-likeness (QED) is 0.761. The van der Waals surface area contributed by atoms with Crippen LogP contribution in [0.4, 0.5) is 5.69 Å². The monoisotopic (exact) mass is 429 g/mol. The van der Waals surface area contributed by atoms with Crippen molar-refractivity contribution in [1.82, 2.24) is 20.0 Å². The van der Waals surface area contributed by atoms with Gasteiger partial charge in [0.15, 0.2) is 0 Å². The number of hydrogen-bond acceptors (Lipinski definition) is 4. The van der Waals surface area contributed by atoms with Crippen molar-refractivity contribution in [2.75, 3.05) is 25.0 Å². The molecule has 8 heteroatoms. The minimum absolute atomic E-state index is 0.189. The highest BCUT2D eigenvalue weighted by Gasteiger charge is 2.33. The zero-order valence-corrected chi connectivity index (χ0v) is 18.0. The van der Waals surface area contributed by atoms with Gasteiger partial charge in [0.25, 0.3) is 5.91 Å². The second-order valence-electron chi connectivity index (χ2n) is 8.30. The standard InChI is InChI=1S/C22H28ClN5O2/c1-15-13-27(11-12-28(15)22(30)16-5-2-3-6-16)14-17-7-4-8-18(20(17)23)25-21(29)19-9-10-24-26-19/h4,7-10,15-16H,2-3,5-6,11-14H2,1H3,(H,24,26)(H,25,29)/t15-/m0/s1. The smallest absolute Gasteiger partial charge is 0.273 e. The number of rotatable bonds is 5. The van der Waals surface area contributed by atoms with Gasteiger partial charge < -0.3 is 10.2 Å². The summed E-state index contributed by atoms with van der Waals surface area (Å²) in [6.07, 6.45) is 5.97. The minimum Gasteiger partial charge on any atom is -0.337 e. The Morgan fingerprint density at radius 1 is 1.23 bits per heavy atom. The Balaban J connectivity index is 1.38. The summed E-state index contributed by atoms with van der Waals surface area (Å²) in [5, 5.41) is 9.83. The van der Waals surface area contributed by atoms with Crippen LogP contribution < -0.4 is 5.32 Å². The lowest BCUT2D eigenvalue weighted by Gasteiger charge is -2.41. The van der Waals surface area contributed by atoms with E-state index in [9.17, 15) is 9.59 Å². The number of carbonyl (C=O) groups is 2. The molecule has 2 aliphatic rings. The number of aromatic amines is 1. The highest BCUT2D eigenvalue weighted by atomic mass is 35.5. The Bertz CT molecular complexity index is 895. The molecule has 2 aromatic rings. The van der Waals surface area contributed by atoms with Crippen LogP contribution in [-0.4, -0.2) is 57.5 Å². The van der Waals surface area contributed by atoms with Crippen molar-refractivity contribution in [2.24, 2.45) is 5.92 Å². The lowest BCUT2D eigenvalue weighted by Crippen LogP contribution is -2.54. The number of benzene rings is 1. The van der Waals surface area contributed by atoms with Gasteiger partial charge >= 0.3 is 0 Å². The van der Waals surface area contributed by atoms with Gasteiger partial charge in [-0.05, 0) is 37.5 Å². The maximum atomic E-state index is 12.8. The summed E-state index contributed by atoms with van der Waals surface area (Å²) in [5.41, 5.74) is 1.92. The summed E-state index contributed by atoms with van der Waals surface area (Å²) < 4.78 is 0. The first kappa shape index (κ1) is 20.9. The summed E-state index contributed by atoms with van der Waals surface area (Å²) in [7, 11) is 0. The first-order chi connectivity index (χ1) is 14.5. The molecular weight excluding hydrogens is 402 g/mol. The van der Waals surface area contributed by atoms with Crippen LogP contribution in [0, 0.1) is 5.92 Å². The summed E-state index contributed by atoms with van der Waals surface area (Å²) >= 11 is 6.60. The normalized spacial score (nSPS) is 20.5. The number of amides is 2. The van der Waals surface area contributed by atoms with Crippen LogP contribution in [0.1, 0.15) is 48.7 Å². The van der Waals surface area contributed by atoms with E-state index in [1.807, 2.05) is 12.1 Å². The van der Waals surface area contributed by atoms with Crippen molar-refractivity contribution < 1.29 is 9.59 Å². The Morgan fingerprint density at radius 2 is 2.03 bits per heavy atom. The van der Waals surface area contributed by atoms with E-state index in [0.717, 1.165) is 38.0 Å². The molecule has 7 nitrogen and oxygen atoms in total. The molecule has 2 fully saturated rings. The number of anilines is 1. The van der Waals surface area contributed by atoms with Crippen molar-refractivity contribution in [2.45, 2.75) is 45.2 Å². The number of H-pyrrole nitrogens is 1. The van der Waals surface area contributed by atoms with E-state index in [1.165, 1.54) is 19.0 Å². The second kappa shape index (κ2) is 9.18. The molecule has 1 aromatic heterocycles. The van der Waals surface area contributed by atoms with Gasteiger partial charge in [0.1, 0.15) is 5.69 Å². The highest BCUT2D eigenvalue weighted by molar-refractivity contribution is 6.34. The fourth-order valence-corrected chi connectivity index (χ4v) is 4.76. The average Bonchev–Trinajstić information content (AvgIpc) is 3.45. The van der Waals surface area contributed by atoms with Crippen LogP contribution in [0.25, 0.3) is 0 Å². The van der Waals surface area contributed by atoms with Crippen molar-refractivity contribution in [3.63, 3.8) is 0 Å². The van der Waals surface area contributed by atoms with Crippen LogP contribution >= 0.6 is 11.6 Å². The zero-order chi connectivity index (χ0) is 21.1. The molecule has 1 aromatic carbocycles. The Morgan fingerprint density at radius 3 is 2.73 bits per heavy atom.